The number of benzene rings is 1. The van der Waals surface area contributed by atoms with Gasteiger partial charge in [-0.3, -0.25) is 9.63 Å². The van der Waals surface area contributed by atoms with Crippen molar-refractivity contribution < 1.29 is 9.63 Å². The fourth-order valence-electron chi connectivity index (χ4n) is 0.982. The van der Waals surface area contributed by atoms with Crippen LogP contribution in [0.5, 0.6) is 0 Å². The van der Waals surface area contributed by atoms with E-state index in [1.54, 1.807) is 12.1 Å². The minimum absolute atomic E-state index is 0.193. The van der Waals surface area contributed by atoms with E-state index in [2.05, 4.69) is 12.4 Å². The van der Waals surface area contributed by atoms with Crippen LogP contribution in [0.4, 0.5) is 0 Å². The topological polar surface area (TPSA) is 38.3 Å². The summed E-state index contributed by atoms with van der Waals surface area (Å²) in [6, 6.07) is 9.01. The molecule has 0 spiro atoms. The van der Waals surface area contributed by atoms with Crippen molar-refractivity contribution in [2.75, 3.05) is 6.61 Å². The summed E-state index contributed by atoms with van der Waals surface area (Å²) in [7, 11) is 0. The number of hydrogen-bond acceptors (Lipinski definition) is 2. The van der Waals surface area contributed by atoms with Gasteiger partial charge >= 0.3 is 0 Å². The van der Waals surface area contributed by atoms with Crippen LogP contribution in [0.15, 0.2) is 30.3 Å². The predicted molar refractivity (Wildman–Crippen MR) is 54.8 cm³/mol. The number of amides is 1. The lowest BCUT2D eigenvalue weighted by Gasteiger charge is -2.04. The highest BCUT2D eigenvalue weighted by Gasteiger charge is 2.02. The van der Waals surface area contributed by atoms with Crippen molar-refractivity contribution in [3.63, 3.8) is 0 Å². The van der Waals surface area contributed by atoms with Crippen LogP contribution in [0.1, 0.15) is 30.1 Å². The van der Waals surface area contributed by atoms with Crippen LogP contribution in [0.2, 0.25) is 0 Å². The molecule has 0 radical (unpaired) electrons. The highest BCUT2D eigenvalue weighted by molar-refractivity contribution is 5.93. The number of carbonyl (C=O) groups excluding carboxylic acids is 1. The molecule has 0 aliphatic heterocycles. The average Bonchev–Trinajstić information content (AvgIpc) is 2.25. The van der Waals surface area contributed by atoms with Gasteiger partial charge < -0.3 is 0 Å². The van der Waals surface area contributed by atoms with Gasteiger partial charge in [0.15, 0.2) is 0 Å². The molecule has 3 nitrogen and oxygen atoms in total. The van der Waals surface area contributed by atoms with Crippen molar-refractivity contribution in [3.05, 3.63) is 35.9 Å². The van der Waals surface area contributed by atoms with Crippen molar-refractivity contribution in [1.29, 1.82) is 0 Å². The fourth-order valence-corrected chi connectivity index (χ4v) is 0.982. The van der Waals surface area contributed by atoms with E-state index in [0.29, 0.717) is 12.2 Å². The molecule has 76 valence electrons. The van der Waals surface area contributed by atoms with Gasteiger partial charge in [-0.1, -0.05) is 31.5 Å². The minimum Gasteiger partial charge on any atom is -0.273 e. The number of hydroxylamine groups is 1. The van der Waals surface area contributed by atoms with Gasteiger partial charge in [0.25, 0.3) is 5.91 Å². The number of nitrogens with one attached hydrogen (secondary N) is 1. The molecule has 1 amide bonds. The molecule has 0 atom stereocenters. The zero-order chi connectivity index (χ0) is 10.2. The molecule has 14 heavy (non-hydrogen) atoms. The van der Waals surface area contributed by atoms with Crippen LogP contribution in [-0.4, -0.2) is 12.5 Å². The van der Waals surface area contributed by atoms with Gasteiger partial charge in [-0.25, -0.2) is 5.48 Å². The molecule has 0 unspecified atom stereocenters. The molecule has 1 aromatic rings. The zero-order valence-corrected chi connectivity index (χ0v) is 8.32. The second kappa shape index (κ2) is 6.16. The van der Waals surface area contributed by atoms with Gasteiger partial charge in [0.2, 0.25) is 0 Å². The SMILES string of the molecule is CCCCONC(=O)c1ccccc1. The van der Waals surface area contributed by atoms with E-state index in [9.17, 15) is 4.79 Å². The molecule has 0 bridgehead atoms. The second-order valence-corrected chi connectivity index (χ2v) is 3.00. The minimum atomic E-state index is -0.193. The molecule has 0 aliphatic rings. The Labute approximate surface area is 84.0 Å². The summed E-state index contributed by atoms with van der Waals surface area (Å²) in [5.74, 6) is -0.193. The van der Waals surface area contributed by atoms with Gasteiger partial charge in [0.1, 0.15) is 0 Å². The van der Waals surface area contributed by atoms with Crippen LogP contribution in [0, 0.1) is 0 Å². The molecule has 0 aromatic heterocycles. The summed E-state index contributed by atoms with van der Waals surface area (Å²) in [4.78, 5) is 16.4. The summed E-state index contributed by atoms with van der Waals surface area (Å²) >= 11 is 0. The van der Waals surface area contributed by atoms with Gasteiger partial charge in [0.05, 0.1) is 6.61 Å². The third-order valence-electron chi connectivity index (χ3n) is 1.80. The summed E-state index contributed by atoms with van der Waals surface area (Å²) in [5.41, 5.74) is 3.01. The van der Waals surface area contributed by atoms with Crippen LogP contribution in [0.3, 0.4) is 0 Å². The molecule has 0 saturated heterocycles. The maximum atomic E-state index is 11.4. The smallest absolute Gasteiger partial charge is 0.273 e. The third-order valence-corrected chi connectivity index (χ3v) is 1.80. The number of rotatable bonds is 5. The molecule has 0 saturated carbocycles. The first-order valence-corrected chi connectivity index (χ1v) is 4.81. The van der Waals surface area contributed by atoms with Crippen LogP contribution in [-0.2, 0) is 4.84 Å². The average molecular weight is 193 g/mol. The predicted octanol–water partition coefficient (Wildman–Crippen LogP) is 2.15. The van der Waals surface area contributed by atoms with Gasteiger partial charge in [0, 0.05) is 5.56 Å². The molecule has 1 N–H and O–H groups in total. The van der Waals surface area contributed by atoms with Gasteiger partial charge in [-0.15, -0.1) is 0 Å². The summed E-state index contributed by atoms with van der Waals surface area (Å²) < 4.78 is 0. The first-order valence-electron chi connectivity index (χ1n) is 4.81. The van der Waals surface area contributed by atoms with Crippen molar-refractivity contribution in [3.8, 4) is 0 Å². The van der Waals surface area contributed by atoms with E-state index in [1.807, 2.05) is 18.2 Å². The molecule has 0 heterocycles. The van der Waals surface area contributed by atoms with Crippen molar-refractivity contribution in [1.82, 2.24) is 5.48 Å². The Bertz CT molecular complexity index is 272. The molecule has 0 aliphatic carbocycles. The maximum absolute atomic E-state index is 11.4. The summed E-state index contributed by atoms with van der Waals surface area (Å²) in [6.07, 6.45) is 2.01. The Kier molecular flexibility index (Phi) is 4.72. The largest absolute Gasteiger partial charge is 0.274 e. The zero-order valence-electron chi connectivity index (χ0n) is 8.32. The van der Waals surface area contributed by atoms with Gasteiger partial charge in [-0.05, 0) is 18.6 Å². The Hall–Kier alpha value is -1.35. The van der Waals surface area contributed by atoms with Crippen molar-refractivity contribution in [2.24, 2.45) is 0 Å². The normalized spacial score (nSPS) is 9.79. The van der Waals surface area contributed by atoms with Crippen LogP contribution in [0.25, 0.3) is 0 Å². The lowest BCUT2D eigenvalue weighted by Crippen LogP contribution is -2.24. The van der Waals surface area contributed by atoms with E-state index in [4.69, 9.17) is 4.84 Å². The molecule has 3 heteroatoms. The Balaban J connectivity index is 2.29. The molecular weight excluding hydrogens is 178 g/mol. The lowest BCUT2D eigenvalue weighted by atomic mass is 10.2. The molecular formula is C11H15NO2. The van der Waals surface area contributed by atoms with E-state index in [1.165, 1.54) is 0 Å². The van der Waals surface area contributed by atoms with Crippen LogP contribution >= 0.6 is 0 Å². The quantitative estimate of drug-likeness (QED) is 0.574. The van der Waals surface area contributed by atoms with Crippen molar-refractivity contribution >= 4 is 5.91 Å². The van der Waals surface area contributed by atoms with E-state index in [-0.39, 0.29) is 5.91 Å². The van der Waals surface area contributed by atoms with E-state index >= 15 is 0 Å². The second-order valence-electron chi connectivity index (χ2n) is 3.00. The fraction of sp³-hybridized carbons (Fsp3) is 0.364. The Morgan fingerprint density at radius 2 is 2.07 bits per heavy atom. The Morgan fingerprint density at radius 3 is 2.71 bits per heavy atom. The van der Waals surface area contributed by atoms with Gasteiger partial charge in [-0.2, -0.15) is 0 Å². The highest BCUT2D eigenvalue weighted by atomic mass is 16.6. The van der Waals surface area contributed by atoms with Crippen LogP contribution < -0.4 is 5.48 Å². The monoisotopic (exact) mass is 193 g/mol. The molecule has 1 aromatic carbocycles. The number of hydrogen-bond donors (Lipinski definition) is 1. The first kappa shape index (κ1) is 10.7. The van der Waals surface area contributed by atoms with E-state index < -0.39 is 0 Å². The Morgan fingerprint density at radius 1 is 1.36 bits per heavy atom. The molecule has 0 fully saturated rings. The standard InChI is InChI=1S/C11H15NO2/c1-2-3-9-14-12-11(13)10-7-5-4-6-8-10/h4-8H,2-3,9H2,1H3,(H,12,13). The maximum Gasteiger partial charge on any atom is 0.274 e. The lowest BCUT2D eigenvalue weighted by molar-refractivity contribution is 0.0302. The van der Waals surface area contributed by atoms with Crippen molar-refractivity contribution in [2.45, 2.75) is 19.8 Å². The molecule has 1 rings (SSSR count). The summed E-state index contributed by atoms with van der Waals surface area (Å²) in [5, 5.41) is 0. The number of carbonyl (C=O) groups is 1. The third kappa shape index (κ3) is 3.58. The highest BCUT2D eigenvalue weighted by Crippen LogP contribution is 1.97. The first-order chi connectivity index (χ1) is 6.84. The van der Waals surface area contributed by atoms with E-state index in [0.717, 1.165) is 12.8 Å². The number of unbranched alkanes of at least 4 members (excludes halogenated alkanes) is 1. The summed E-state index contributed by atoms with van der Waals surface area (Å²) in [6.45, 7) is 2.64.